The highest BCUT2D eigenvalue weighted by molar-refractivity contribution is 5.94. The molecule has 2 rings (SSSR count). The number of nitrogens with one attached hydrogen (secondary N) is 1. The summed E-state index contributed by atoms with van der Waals surface area (Å²) in [6.07, 6.45) is 0.822. The largest absolute Gasteiger partial charge is 0.399 e. The lowest BCUT2D eigenvalue weighted by atomic mass is 10.1. The monoisotopic (exact) mass is 271 g/mol. The van der Waals surface area contributed by atoms with Crippen LogP contribution in [0.2, 0.25) is 0 Å². The summed E-state index contributed by atoms with van der Waals surface area (Å²) < 4.78 is 0. The molecule has 20 heavy (non-hydrogen) atoms. The molecule has 1 heterocycles. The van der Waals surface area contributed by atoms with E-state index in [9.17, 15) is 9.90 Å². The first kappa shape index (κ1) is 14.0. The van der Waals surface area contributed by atoms with E-state index in [1.54, 1.807) is 42.6 Å². The Balaban J connectivity index is 1.94. The smallest absolute Gasteiger partial charge is 0.251 e. The molecule has 1 aromatic heterocycles. The van der Waals surface area contributed by atoms with E-state index in [-0.39, 0.29) is 12.5 Å². The van der Waals surface area contributed by atoms with E-state index in [1.165, 1.54) is 0 Å². The molecule has 1 aromatic carbocycles. The Morgan fingerprint density at radius 1 is 1.35 bits per heavy atom. The molecule has 1 atom stereocenters. The molecule has 0 aliphatic rings. The van der Waals surface area contributed by atoms with Gasteiger partial charge in [0, 0.05) is 29.7 Å². The van der Waals surface area contributed by atoms with Crippen molar-refractivity contribution in [1.82, 2.24) is 10.3 Å². The summed E-state index contributed by atoms with van der Waals surface area (Å²) in [5.41, 5.74) is 8.24. The van der Waals surface area contributed by atoms with E-state index in [4.69, 9.17) is 5.73 Å². The van der Waals surface area contributed by atoms with E-state index in [1.807, 2.05) is 6.92 Å². The van der Waals surface area contributed by atoms with Crippen molar-refractivity contribution < 1.29 is 9.90 Å². The molecule has 0 saturated carbocycles. The van der Waals surface area contributed by atoms with Crippen molar-refractivity contribution in [2.45, 2.75) is 13.0 Å². The third-order valence-electron chi connectivity index (χ3n) is 2.94. The predicted octanol–water partition coefficient (Wildman–Crippen LogP) is 1.44. The summed E-state index contributed by atoms with van der Waals surface area (Å²) in [6, 6.07) is 10.2. The van der Waals surface area contributed by atoms with Gasteiger partial charge in [0.05, 0.1) is 6.10 Å². The van der Waals surface area contributed by atoms with Crippen molar-refractivity contribution in [2.75, 3.05) is 12.3 Å². The number of pyridine rings is 1. The first-order chi connectivity index (χ1) is 9.56. The number of aliphatic hydroxyl groups excluding tert-OH is 1. The summed E-state index contributed by atoms with van der Waals surface area (Å²) in [5, 5.41) is 12.7. The van der Waals surface area contributed by atoms with Crippen LogP contribution in [0.3, 0.4) is 0 Å². The number of amides is 1. The van der Waals surface area contributed by atoms with E-state index in [0.717, 1.165) is 5.69 Å². The molecule has 1 amide bonds. The molecule has 4 N–H and O–H groups in total. The third kappa shape index (κ3) is 3.55. The molecule has 104 valence electrons. The number of hydrogen-bond acceptors (Lipinski definition) is 4. The fourth-order valence-corrected chi connectivity index (χ4v) is 1.81. The Morgan fingerprint density at radius 2 is 2.05 bits per heavy atom. The lowest BCUT2D eigenvalue weighted by Crippen LogP contribution is -2.28. The van der Waals surface area contributed by atoms with Crippen molar-refractivity contribution in [1.29, 1.82) is 0 Å². The fraction of sp³-hybridized carbons (Fsp3) is 0.200. The molecule has 1 unspecified atom stereocenters. The van der Waals surface area contributed by atoms with Crippen molar-refractivity contribution in [3.63, 3.8) is 0 Å². The molecule has 0 aliphatic heterocycles. The van der Waals surface area contributed by atoms with Gasteiger partial charge >= 0.3 is 0 Å². The summed E-state index contributed by atoms with van der Waals surface area (Å²) in [7, 11) is 0. The minimum Gasteiger partial charge on any atom is -0.399 e. The first-order valence-electron chi connectivity index (χ1n) is 6.30. The number of benzene rings is 1. The molecule has 0 spiro atoms. The van der Waals surface area contributed by atoms with Gasteiger partial charge in [0.1, 0.15) is 0 Å². The highest BCUT2D eigenvalue weighted by Gasteiger charge is 2.11. The number of aromatic nitrogens is 1. The first-order valence-corrected chi connectivity index (χ1v) is 6.30. The maximum absolute atomic E-state index is 11.9. The number of aliphatic hydroxyl groups is 1. The van der Waals surface area contributed by atoms with Gasteiger partial charge in [-0.15, -0.1) is 0 Å². The lowest BCUT2D eigenvalue weighted by molar-refractivity contribution is 0.0916. The molecular weight excluding hydrogens is 254 g/mol. The molecule has 5 nitrogen and oxygen atoms in total. The van der Waals surface area contributed by atoms with Crippen LogP contribution in [-0.2, 0) is 0 Å². The molecular formula is C15H17N3O2. The van der Waals surface area contributed by atoms with Crippen LogP contribution in [0.5, 0.6) is 0 Å². The Hall–Kier alpha value is -2.40. The number of nitrogen functional groups attached to an aromatic ring is 1. The van der Waals surface area contributed by atoms with Crippen LogP contribution in [0.1, 0.15) is 27.7 Å². The highest BCUT2D eigenvalue weighted by atomic mass is 16.3. The second kappa shape index (κ2) is 6.16. The number of aryl methyl sites for hydroxylation is 1. The number of carbonyl (C=O) groups is 1. The van der Waals surface area contributed by atoms with Crippen molar-refractivity contribution in [3.8, 4) is 0 Å². The number of carbonyl (C=O) groups excluding carboxylic acids is 1. The van der Waals surface area contributed by atoms with Crippen LogP contribution in [0.25, 0.3) is 0 Å². The average Bonchev–Trinajstić information content (AvgIpc) is 2.45. The van der Waals surface area contributed by atoms with Crippen LogP contribution in [-0.4, -0.2) is 22.5 Å². The minimum atomic E-state index is -0.762. The van der Waals surface area contributed by atoms with Gasteiger partial charge in [-0.05, 0) is 36.8 Å². The van der Waals surface area contributed by atoms with Crippen LogP contribution in [0.15, 0.2) is 42.6 Å². The van der Waals surface area contributed by atoms with E-state index in [0.29, 0.717) is 16.8 Å². The highest BCUT2D eigenvalue weighted by Crippen LogP contribution is 2.14. The number of anilines is 1. The second-order valence-electron chi connectivity index (χ2n) is 4.58. The third-order valence-corrected chi connectivity index (χ3v) is 2.94. The van der Waals surface area contributed by atoms with Gasteiger partial charge in [-0.25, -0.2) is 0 Å². The Labute approximate surface area is 117 Å². The Morgan fingerprint density at radius 3 is 2.70 bits per heavy atom. The maximum Gasteiger partial charge on any atom is 0.251 e. The van der Waals surface area contributed by atoms with Crippen LogP contribution >= 0.6 is 0 Å². The summed E-state index contributed by atoms with van der Waals surface area (Å²) in [4.78, 5) is 15.9. The molecule has 5 heteroatoms. The molecule has 0 aliphatic carbocycles. The van der Waals surface area contributed by atoms with Crippen LogP contribution < -0.4 is 11.1 Å². The van der Waals surface area contributed by atoms with Gasteiger partial charge in [-0.3, -0.25) is 9.78 Å². The molecule has 0 radical (unpaired) electrons. The van der Waals surface area contributed by atoms with Crippen molar-refractivity contribution in [2.24, 2.45) is 0 Å². The number of nitrogens with two attached hydrogens (primary N) is 1. The number of hydrogen-bond donors (Lipinski definition) is 3. The van der Waals surface area contributed by atoms with E-state index < -0.39 is 6.10 Å². The van der Waals surface area contributed by atoms with Gasteiger partial charge in [-0.2, -0.15) is 0 Å². The molecule has 0 bridgehead atoms. The predicted molar refractivity (Wildman–Crippen MR) is 77.1 cm³/mol. The zero-order valence-corrected chi connectivity index (χ0v) is 11.2. The van der Waals surface area contributed by atoms with Crippen molar-refractivity contribution in [3.05, 3.63) is 59.4 Å². The Bertz CT molecular complexity index is 596. The van der Waals surface area contributed by atoms with Gasteiger partial charge < -0.3 is 16.2 Å². The summed E-state index contributed by atoms with van der Waals surface area (Å²) in [5.74, 6) is -0.231. The summed E-state index contributed by atoms with van der Waals surface area (Å²) in [6.45, 7) is 1.96. The summed E-state index contributed by atoms with van der Waals surface area (Å²) >= 11 is 0. The second-order valence-corrected chi connectivity index (χ2v) is 4.58. The van der Waals surface area contributed by atoms with Gasteiger partial charge in [-0.1, -0.05) is 12.1 Å². The van der Waals surface area contributed by atoms with E-state index >= 15 is 0 Å². The normalized spacial score (nSPS) is 11.9. The number of rotatable bonds is 4. The number of nitrogens with zero attached hydrogens (tertiary/aromatic N) is 1. The quantitative estimate of drug-likeness (QED) is 0.734. The SMILES string of the molecule is Cc1cc(C(=O)NCC(O)c2ccc(N)cc2)ccn1. The zero-order chi connectivity index (χ0) is 14.5. The van der Waals surface area contributed by atoms with Crippen LogP contribution in [0.4, 0.5) is 5.69 Å². The maximum atomic E-state index is 11.9. The standard InChI is InChI=1S/C15H17N3O2/c1-10-8-12(6-7-17-10)15(20)18-9-14(19)11-2-4-13(16)5-3-11/h2-8,14,19H,9,16H2,1H3,(H,18,20). The molecule has 2 aromatic rings. The molecule has 0 fully saturated rings. The topological polar surface area (TPSA) is 88.2 Å². The Kier molecular flexibility index (Phi) is 4.32. The zero-order valence-electron chi connectivity index (χ0n) is 11.2. The van der Waals surface area contributed by atoms with Crippen LogP contribution in [0, 0.1) is 6.92 Å². The lowest BCUT2D eigenvalue weighted by Gasteiger charge is -2.12. The van der Waals surface area contributed by atoms with Gasteiger partial charge in [0.15, 0.2) is 0 Å². The molecule has 0 saturated heterocycles. The minimum absolute atomic E-state index is 0.143. The average molecular weight is 271 g/mol. The van der Waals surface area contributed by atoms with Gasteiger partial charge in [0.25, 0.3) is 5.91 Å². The van der Waals surface area contributed by atoms with Gasteiger partial charge in [0.2, 0.25) is 0 Å². The fourth-order valence-electron chi connectivity index (χ4n) is 1.81. The van der Waals surface area contributed by atoms with E-state index in [2.05, 4.69) is 10.3 Å². The van der Waals surface area contributed by atoms with Crippen molar-refractivity contribution >= 4 is 11.6 Å².